The van der Waals surface area contributed by atoms with E-state index in [0.717, 1.165) is 0 Å². The minimum atomic E-state index is -2.20. The number of benzene rings is 4. The van der Waals surface area contributed by atoms with Crippen molar-refractivity contribution in [3.8, 4) is 0 Å². The maximum atomic E-state index is 14.5. The van der Waals surface area contributed by atoms with Gasteiger partial charge in [-0.05, 0) is 35.4 Å². The summed E-state index contributed by atoms with van der Waals surface area (Å²) in [5, 5.41) is 0.399. The third kappa shape index (κ3) is 2.87. The Balaban J connectivity index is 1.59. The van der Waals surface area contributed by atoms with Gasteiger partial charge in [-0.2, -0.15) is 0 Å². The van der Waals surface area contributed by atoms with Crippen molar-refractivity contribution in [3.63, 3.8) is 0 Å². The van der Waals surface area contributed by atoms with Crippen molar-refractivity contribution >= 4 is 34.7 Å². The molecule has 7 heteroatoms. The monoisotopic (exact) mass is 536 g/mol. The number of ether oxygens (including phenoxy) is 1. The largest absolute Gasteiger partial charge is 0.348 e. The number of hydrogen-bond acceptors (Lipinski definition) is 5. The highest BCUT2D eigenvalue weighted by molar-refractivity contribution is 6.37. The fourth-order valence-electron chi connectivity index (χ4n) is 6.62. The number of fused-ring (bicyclic) bond motifs is 2. The van der Waals surface area contributed by atoms with Crippen LogP contribution >= 0.6 is 11.6 Å². The first-order chi connectivity index (χ1) is 18.8. The Morgan fingerprint density at radius 2 is 1.03 bits per heavy atom. The number of Topliss-reactive ketones (excluding diaryl/α,β-unsaturated/α-hetero) is 4. The van der Waals surface area contributed by atoms with E-state index in [4.69, 9.17) is 16.3 Å². The first kappa shape index (κ1) is 23.8. The van der Waals surface area contributed by atoms with Crippen LogP contribution in [0.3, 0.4) is 0 Å². The van der Waals surface area contributed by atoms with Gasteiger partial charge >= 0.3 is 0 Å². The average molecular weight is 537 g/mol. The van der Waals surface area contributed by atoms with Crippen molar-refractivity contribution < 1.29 is 28.3 Å². The maximum Gasteiger partial charge on any atom is 0.204 e. The Hall–Kier alpha value is -4.26. The summed E-state index contributed by atoms with van der Waals surface area (Å²) >= 11 is 6.19. The first-order valence-corrected chi connectivity index (χ1v) is 12.8. The molecule has 1 aliphatic heterocycles. The lowest BCUT2D eigenvalue weighted by atomic mass is 9.60. The lowest BCUT2D eigenvalue weighted by molar-refractivity contribution is -0.0210. The van der Waals surface area contributed by atoms with E-state index in [1.807, 2.05) is 0 Å². The molecule has 0 saturated carbocycles. The summed E-state index contributed by atoms with van der Waals surface area (Å²) < 4.78 is 20.5. The van der Waals surface area contributed by atoms with E-state index < -0.39 is 52.0 Å². The molecule has 5 nitrogen and oxygen atoms in total. The summed E-state index contributed by atoms with van der Waals surface area (Å²) in [6.45, 7) is 0. The standard InChI is InChI=1S/C32H18ClFO5/c33-19-13-9-17(10-14-19)25-31(26(35)21-5-1-2-6-22(21)27(31)36)30(18-11-15-20(34)16-12-18)39-32(25)28(37)23-7-3-4-8-24(23)29(32)38/h1-16,25,30H/t25-,30+/m0/s1. The molecular formula is C32H18ClFO5. The van der Waals surface area contributed by atoms with E-state index in [-0.39, 0.29) is 22.3 Å². The Labute approximate surface area is 227 Å². The zero-order chi connectivity index (χ0) is 27.1. The van der Waals surface area contributed by atoms with Crippen LogP contribution in [0.5, 0.6) is 0 Å². The molecule has 4 aromatic carbocycles. The van der Waals surface area contributed by atoms with Gasteiger partial charge in [0, 0.05) is 27.3 Å². The molecule has 39 heavy (non-hydrogen) atoms. The molecule has 0 radical (unpaired) electrons. The number of carbonyl (C=O) groups is 4. The Morgan fingerprint density at radius 3 is 1.51 bits per heavy atom. The van der Waals surface area contributed by atoms with Gasteiger partial charge in [0.05, 0.1) is 5.92 Å². The smallest absolute Gasteiger partial charge is 0.204 e. The molecule has 1 saturated heterocycles. The number of ketones is 4. The van der Waals surface area contributed by atoms with Crippen LogP contribution in [-0.4, -0.2) is 28.7 Å². The van der Waals surface area contributed by atoms with Crippen LogP contribution < -0.4 is 0 Å². The first-order valence-electron chi connectivity index (χ1n) is 12.4. The molecule has 190 valence electrons. The molecule has 2 spiro atoms. The van der Waals surface area contributed by atoms with Gasteiger partial charge in [-0.25, -0.2) is 4.39 Å². The van der Waals surface area contributed by atoms with Crippen molar-refractivity contribution in [3.05, 3.63) is 141 Å². The van der Waals surface area contributed by atoms with Crippen molar-refractivity contribution in [2.45, 2.75) is 17.6 Å². The van der Waals surface area contributed by atoms with Crippen LogP contribution in [0, 0.1) is 11.2 Å². The molecule has 7 rings (SSSR count). The molecule has 4 aromatic rings. The quantitative estimate of drug-likeness (QED) is 0.284. The van der Waals surface area contributed by atoms with Gasteiger partial charge in [-0.1, -0.05) is 84.4 Å². The molecule has 0 aromatic heterocycles. The van der Waals surface area contributed by atoms with Crippen LogP contribution in [-0.2, 0) is 4.74 Å². The summed E-state index contributed by atoms with van der Waals surface area (Å²) in [6.07, 6.45) is -1.35. The summed E-state index contributed by atoms with van der Waals surface area (Å²) in [4.78, 5) is 57.6. The molecule has 1 heterocycles. The van der Waals surface area contributed by atoms with Crippen LogP contribution in [0.2, 0.25) is 5.02 Å². The third-order valence-electron chi connectivity index (χ3n) is 8.21. The fourth-order valence-corrected chi connectivity index (χ4v) is 6.75. The second kappa shape index (κ2) is 8.12. The second-order valence-corrected chi connectivity index (χ2v) is 10.5. The highest BCUT2D eigenvalue weighted by Gasteiger charge is 2.79. The molecule has 0 N–H and O–H groups in total. The van der Waals surface area contributed by atoms with E-state index in [2.05, 4.69) is 0 Å². The fraction of sp³-hybridized carbons (Fsp3) is 0.125. The zero-order valence-electron chi connectivity index (χ0n) is 20.2. The molecule has 2 aliphatic carbocycles. The summed E-state index contributed by atoms with van der Waals surface area (Å²) in [7, 11) is 0. The van der Waals surface area contributed by atoms with Crippen LogP contribution in [0.15, 0.2) is 97.1 Å². The van der Waals surface area contributed by atoms with Gasteiger partial charge in [0.2, 0.25) is 17.2 Å². The van der Waals surface area contributed by atoms with E-state index in [0.29, 0.717) is 16.1 Å². The topological polar surface area (TPSA) is 77.5 Å². The Bertz CT molecular complexity index is 1670. The molecule has 0 unspecified atom stereocenters. The van der Waals surface area contributed by atoms with Crippen molar-refractivity contribution in [1.29, 1.82) is 0 Å². The number of rotatable bonds is 2. The lowest BCUT2D eigenvalue weighted by Crippen LogP contribution is -2.51. The Morgan fingerprint density at radius 1 is 0.590 bits per heavy atom. The van der Waals surface area contributed by atoms with Gasteiger partial charge in [0.15, 0.2) is 11.6 Å². The van der Waals surface area contributed by atoms with Crippen LogP contribution in [0.1, 0.15) is 64.6 Å². The third-order valence-corrected chi connectivity index (χ3v) is 8.47. The van der Waals surface area contributed by atoms with Gasteiger partial charge in [0.25, 0.3) is 0 Å². The second-order valence-electron chi connectivity index (χ2n) is 10.0. The van der Waals surface area contributed by atoms with Gasteiger partial charge < -0.3 is 4.74 Å². The highest BCUT2D eigenvalue weighted by atomic mass is 35.5. The number of carbonyl (C=O) groups excluding carboxylic acids is 4. The molecular weight excluding hydrogens is 519 g/mol. The van der Waals surface area contributed by atoms with Crippen molar-refractivity contribution in [1.82, 2.24) is 0 Å². The molecule has 0 amide bonds. The molecule has 3 aliphatic rings. The van der Waals surface area contributed by atoms with Crippen LogP contribution in [0.4, 0.5) is 4.39 Å². The van der Waals surface area contributed by atoms with Crippen molar-refractivity contribution in [2.75, 3.05) is 0 Å². The summed E-state index contributed by atoms with van der Waals surface area (Å²) in [6, 6.07) is 24.4. The van der Waals surface area contributed by atoms with Crippen molar-refractivity contribution in [2.24, 2.45) is 5.41 Å². The average Bonchev–Trinajstić information content (AvgIpc) is 3.48. The highest BCUT2D eigenvalue weighted by Crippen LogP contribution is 2.67. The van der Waals surface area contributed by atoms with E-state index in [9.17, 15) is 23.6 Å². The van der Waals surface area contributed by atoms with E-state index >= 15 is 0 Å². The molecule has 2 atom stereocenters. The molecule has 0 bridgehead atoms. The summed E-state index contributed by atoms with van der Waals surface area (Å²) in [5.74, 6) is -4.19. The predicted octanol–water partition coefficient (Wildman–Crippen LogP) is 6.22. The van der Waals surface area contributed by atoms with E-state index in [1.54, 1.807) is 60.7 Å². The summed E-state index contributed by atoms with van der Waals surface area (Å²) in [5.41, 5.74) is -2.84. The minimum absolute atomic E-state index is 0.159. The normalized spacial score (nSPS) is 22.1. The van der Waals surface area contributed by atoms with Crippen LogP contribution in [0.25, 0.3) is 0 Å². The molecule has 1 fully saturated rings. The van der Waals surface area contributed by atoms with Gasteiger partial charge in [-0.3, -0.25) is 19.2 Å². The number of halogens is 2. The maximum absolute atomic E-state index is 14.5. The number of hydrogen-bond donors (Lipinski definition) is 0. The lowest BCUT2D eigenvalue weighted by Gasteiger charge is -2.34. The predicted molar refractivity (Wildman–Crippen MR) is 140 cm³/mol. The Kier molecular flexibility index (Phi) is 4.96. The zero-order valence-corrected chi connectivity index (χ0v) is 20.9. The minimum Gasteiger partial charge on any atom is -0.348 e. The SMILES string of the molecule is O=C1c2ccccc2C(=O)C12O[C@H](c1ccc(F)cc1)C1(C(=O)c3ccccc3C1=O)[C@@H]2c1ccc(Cl)cc1. The van der Waals surface area contributed by atoms with E-state index in [1.165, 1.54) is 36.4 Å². The van der Waals surface area contributed by atoms with Gasteiger partial charge in [0.1, 0.15) is 17.3 Å². The van der Waals surface area contributed by atoms with Gasteiger partial charge in [-0.15, -0.1) is 0 Å².